The summed E-state index contributed by atoms with van der Waals surface area (Å²) in [5.41, 5.74) is 5.35. The number of amides is 2. The van der Waals surface area contributed by atoms with E-state index in [4.69, 9.17) is 9.47 Å². The van der Waals surface area contributed by atoms with Crippen LogP contribution >= 0.6 is 0 Å². The molecule has 10 nitrogen and oxygen atoms in total. The van der Waals surface area contributed by atoms with Crippen molar-refractivity contribution in [1.29, 1.82) is 0 Å². The Balaban J connectivity index is 0.972. The molecule has 2 amide bonds. The van der Waals surface area contributed by atoms with Gasteiger partial charge in [0.1, 0.15) is 24.3 Å². The third-order valence-electron chi connectivity index (χ3n) is 10.2. The maximum Gasteiger partial charge on any atom is 0.408 e. The Kier molecular flexibility index (Phi) is 10.1. The maximum atomic E-state index is 12.9. The summed E-state index contributed by atoms with van der Waals surface area (Å²) in [5.74, 6) is -2.73. The van der Waals surface area contributed by atoms with E-state index >= 15 is 0 Å². The number of nitrogens with one attached hydrogen (secondary N) is 2. The highest BCUT2D eigenvalue weighted by molar-refractivity contribution is 5.85. The molecular formula is C41H42N2O8. The molecule has 4 N–H and O–H groups in total. The van der Waals surface area contributed by atoms with Crippen molar-refractivity contribution in [2.75, 3.05) is 13.2 Å². The summed E-state index contributed by atoms with van der Waals surface area (Å²) in [6.45, 7) is 2.97. The number of carboxylic acid groups (broad SMARTS) is 2. The Morgan fingerprint density at radius 3 is 1.12 bits per heavy atom. The highest BCUT2D eigenvalue weighted by Gasteiger charge is 2.38. The van der Waals surface area contributed by atoms with Crippen molar-refractivity contribution >= 4 is 24.1 Å². The standard InChI is InChI=1S/C41H42N2O8/c1-40(36(44)45,42-38(48)50-24-34-30-18-8-4-14-26(30)27-15-5-9-19-31(27)34)22-12-3-13-23-41(2,37(46)47)43-39(49)51-25-35-32-20-10-6-16-28(32)29-17-7-11-21-33(29)35/h4-11,14-21,34-35H,3,12-13,22-25H2,1-2H3,(H,42,48)(H,43,49)(H,44,45)(H,46,47)/t40-,41-/m0/s1. The van der Waals surface area contributed by atoms with E-state index in [9.17, 15) is 29.4 Å². The first kappa shape index (κ1) is 35.2. The van der Waals surface area contributed by atoms with Crippen LogP contribution in [0.3, 0.4) is 0 Å². The summed E-state index contributed by atoms with van der Waals surface area (Å²) in [5, 5.41) is 25.1. The second-order valence-electron chi connectivity index (χ2n) is 13.7. The maximum absolute atomic E-state index is 12.9. The number of benzene rings is 4. The molecule has 4 aromatic carbocycles. The summed E-state index contributed by atoms with van der Waals surface area (Å²) in [7, 11) is 0. The molecule has 264 valence electrons. The van der Waals surface area contributed by atoms with Crippen LogP contribution < -0.4 is 10.6 Å². The number of rotatable bonds is 14. The lowest BCUT2D eigenvalue weighted by atomic mass is 9.91. The monoisotopic (exact) mass is 690 g/mol. The summed E-state index contributed by atoms with van der Waals surface area (Å²) in [6, 6.07) is 31.8. The fourth-order valence-electron chi connectivity index (χ4n) is 7.30. The van der Waals surface area contributed by atoms with Crippen molar-refractivity contribution in [3.8, 4) is 22.3 Å². The minimum absolute atomic E-state index is 0.0556. The molecule has 0 saturated carbocycles. The van der Waals surface area contributed by atoms with Gasteiger partial charge in [0.2, 0.25) is 0 Å². The highest BCUT2D eigenvalue weighted by atomic mass is 16.6. The average molecular weight is 691 g/mol. The van der Waals surface area contributed by atoms with Gasteiger partial charge in [-0.15, -0.1) is 0 Å². The molecule has 2 aliphatic carbocycles. The Labute approximate surface area is 296 Å². The number of carbonyl (C=O) groups excluding carboxylic acids is 2. The van der Waals surface area contributed by atoms with Crippen LogP contribution in [-0.2, 0) is 19.1 Å². The van der Waals surface area contributed by atoms with Crippen LogP contribution in [0.15, 0.2) is 97.1 Å². The van der Waals surface area contributed by atoms with Crippen molar-refractivity contribution in [3.63, 3.8) is 0 Å². The van der Waals surface area contributed by atoms with Gasteiger partial charge in [-0.1, -0.05) is 116 Å². The number of aliphatic carboxylic acids is 2. The summed E-state index contributed by atoms with van der Waals surface area (Å²) in [4.78, 5) is 50.3. The van der Waals surface area contributed by atoms with Crippen LogP contribution in [0.4, 0.5) is 9.59 Å². The van der Waals surface area contributed by atoms with Gasteiger partial charge in [-0.05, 0) is 71.2 Å². The lowest BCUT2D eigenvalue weighted by molar-refractivity contribution is -0.144. The molecule has 0 unspecified atom stereocenters. The predicted octanol–water partition coefficient (Wildman–Crippen LogP) is 7.70. The lowest BCUT2D eigenvalue weighted by Gasteiger charge is -2.28. The summed E-state index contributed by atoms with van der Waals surface area (Å²) >= 11 is 0. The quantitative estimate of drug-likeness (QED) is 0.0983. The summed E-state index contributed by atoms with van der Waals surface area (Å²) in [6.07, 6.45) is -0.239. The molecule has 0 spiro atoms. The first-order valence-corrected chi connectivity index (χ1v) is 17.2. The van der Waals surface area contributed by atoms with Gasteiger partial charge in [0.25, 0.3) is 0 Å². The second kappa shape index (κ2) is 14.7. The van der Waals surface area contributed by atoms with E-state index in [-0.39, 0.29) is 37.9 Å². The largest absolute Gasteiger partial charge is 0.480 e. The molecule has 4 aromatic rings. The number of unbranched alkanes of at least 4 members (excludes halogenated alkanes) is 2. The molecule has 2 atom stereocenters. The van der Waals surface area contributed by atoms with Crippen LogP contribution in [0.5, 0.6) is 0 Å². The van der Waals surface area contributed by atoms with Gasteiger partial charge in [0.15, 0.2) is 0 Å². The molecule has 0 aliphatic heterocycles. The highest BCUT2D eigenvalue weighted by Crippen LogP contribution is 2.45. The Morgan fingerprint density at radius 1 is 0.529 bits per heavy atom. The topological polar surface area (TPSA) is 151 Å². The van der Waals surface area contributed by atoms with Gasteiger partial charge in [-0.25, -0.2) is 19.2 Å². The predicted molar refractivity (Wildman–Crippen MR) is 192 cm³/mol. The third-order valence-corrected chi connectivity index (χ3v) is 10.2. The van der Waals surface area contributed by atoms with E-state index in [1.54, 1.807) is 0 Å². The SMILES string of the molecule is C[C@@](CCCCC[C@](C)(NC(=O)OCC1c2ccccc2-c2ccccc21)C(=O)O)(NC(=O)OCC1c2ccccc2-c2ccccc21)C(=O)O. The Bertz CT molecular complexity index is 1730. The van der Waals surface area contributed by atoms with Gasteiger partial charge < -0.3 is 30.3 Å². The van der Waals surface area contributed by atoms with E-state index < -0.39 is 35.2 Å². The van der Waals surface area contributed by atoms with Crippen molar-refractivity contribution in [1.82, 2.24) is 10.6 Å². The number of carbonyl (C=O) groups is 4. The lowest BCUT2D eigenvalue weighted by Crippen LogP contribution is -2.53. The molecule has 6 rings (SSSR count). The molecule has 0 radical (unpaired) electrons. The third kappa shape index (κ3) is 7.31. The van der Waals surface area contributed by atoms with Gasteiger partial charge in [0, 0.05) is 11.8 Å². The van der Waals surface area contributed by atoms with Crippen LogP contribution in [-0.4, -0.2) is 58.6 Å². The number of hydrogen-bond acceptors (Lipinski definition) is 6. The van der Waals surface area contributed by atoms with Crippen LogP contribution in [0, 0.1) is 0 Å². The van der Waals surface area contributed by atoms with E-state index in [0.29, 0.717) is 19.3 Å². The molecule has 2 aliphatic rings. The van der Waals surface area contributed by atoms with Crippen molar-refractivity contribution in [2.45, 2.75) is 68.9 Å². The van der Waals surface area contributed by atoms with E-state index in [1.165, 1.54) is 13.8 Å². The molecular weight excluding hydrogens is 648 g/mol. The molecule has 0 heterocycles. The van der Waals surface area contributed by atoms with Gasteiger partial charge >= 0.3 is 24.1 Å². The number of alkyl carbamates (subject to hydrolysis) is 2. The van der Waals surface area contributed by atoms with Gasteiger partial charge in [-0.3, -0.25) is 0 Å². The molecule has 0 saturated heterocycles. The molecule has 0 fully saturated rings. The van der Waals surface area contributed by atoms with Crippen molar-refractivity contribution < 1.29 is 38.9 Å². The normalized spacial score (nSPS) is 15.3. The van der Waals surface area contributed by atoms with Crippen LogP contribution in [0.1, 0.15) is 80.0 Å². The van der Waals surface area contributed by atoms with E-state index in [1.807, 2.05) is 97.1 Å². The molecule has 51 heavy (non-hydrogen) atoms. The van der Waals surface area contributed by atoms with Crippen LogP contribution in [0.25, 0.3) is 22.3 Å². The minimum Gasteiger partial charge on any atom is -0.480 e. The number of carboxylic acids is 2. The number of hydrogen-bond donors (Lipinski definition) is 4. The number of fused-ring (bicyclic) bond motifs is 6. The molecule has 0 aromatic heterocycles. The fourth-order valence-corrected chi connectivity index (χ4v) is 7.30. The first-order valence-electron chi connectivity index (χ1n) is 17.2. The van der Waals surface area contributed by atoms with Crippen molar-refractivity contribution in [3.05, 3.63) is 119 Å². The zero-order valence-electron chi connectivity index (χ0n) is 28.7. The Hall–Kier alpha value is -5.64. The Morgan fingerprint density at radius 2 is 0.824 bits per heavy atom. The number of ether oxygens (including phenoxy) is 2. The average Bonchev–Trinajstić information content (AvgIpc) is 3.62. The van der Waals surface area contributed by atoms with Crippen LogP contribution in [0.2, 0.25) is 0 Å². The molecule has 0 bridgehead atoms. The van der Waals surface area contributed by atoms with Gasteiger partial charge in [-0.2, -0.15) is 0 Å². The van der Waals surface area contributed by atoms with E-state index in [0.717, 1.165) is 44.5 Å². The van der Waals surface area contributed by atoms with Crippen molar-refractivity contribution in [2.24, 2.45) is 0 Å². The summed E-state index contributed by atoms with van der Waals surface area (Å²) < 4.78 is 11.2. The van der Waals surface area contributed by atoms with E-state index in [2.05, 4.69) is 10.6 Å². The fraction of sp³-hybridized carbons (Fsp3) is 0.317. The molecule has 10 heteroatoms. The zero-order chi connectivity index (χ0) is 36.2. The minimum atomic E-state index is -1.60. The smallest absolute Gasteiger partial charge is 0.408 e. The zero-order valence-corrected chi connectivity index (χ0v) is 28.7. The van der Waals surface area contributed by atoms with Gasteiger partial charge in [0.05, 0.1) is 0 Å². The second-order valence-corrected chi connectivity index (χ2v) is 13.7. The first-order chi connectivity index (χ1) is 24.5.